The van der Waals surface area contributed by atoms with Crippen molar-refractivity contribution >= 4 is 31.5 Å². The average molecular weight is 334 g/mol. The van der Waals surface area contributed by atoms with Gasteiger partial charge in [-0.3, -0.25) is 0 Å². The third kappa shape index (κ3) is 4.61. The molecule has 18 heavy (non-hydrogen) atoms. The smallest absolute Gasteiger partial charge is 0.180 e. The predicted octanol–water partition coefficient (Wildman–Crippen LogP) is 3.63. The zero-order valence-corrected chi connectivity index (χ0v) is 13.4. The highest BCUT2D eigenvalue weighted by Crippen LogP contribution is 2.26. The minimum absolute atomic E-state index is 0.149. The molecular formula is C13H20BrNO2S. The van der Waals surface area contributed by atoms with Crippen LogP contribution in [0.15, 0.2) is 27.6 Å². The first-order valence-electron chi connectivity index (χ1n) is 5.90. The third-order valence-corrected chi connectivity index (χ3v) is 5.01. The lowest BCUT2D eigenvalue weighted by atomic mass is 9.91. The summed E-state index contributed by atoms with van der Waals surface area (Å²) in [6.45, 7) is 6.31. The molecule has 0 aliphatic rings. The number of nitrogen functional groups attached to an aromatic ring is 1. The molecule has 2 N–H and O–H groups in total. The standard InChI is InChI=1S/C13H20BrNO2S/c1-13(2,3)7-4-8-18(16,17)12-6-5-10(14)9-11(12)15/h5-6,9H,4,7-8,15H2,1-3H3. The summed E-state index contributed by atoms with van der Waals surface area (Å²) in [7, 11) is -3.28. The number of sulfone groups is 1. The Kier molecular flexibility index (Phi) is 4.84. The number of anilines is 1. The molecule has 3 nitrogen and oxygen atoms in total. The van der Waals surface area contributed by atoms with Crippen LogP contribution in [0.1, 0.15) is 33.6 Å². The molecule has 1 aromatic carbocycles. The molecule has 0 radical (unpaired) electrons. The van der Waals surface area contributed by atoms with Gasteiger partial charge in [-0.15, -0.1) is 0 Å². The largest absolute Gasteiger partial charge is 0.398 e. The molecule has 0 bridgehead atoms. The van der Waals surface area contributed by atoms with Crippen LogP contribution < -0.4 is 5.73 Å². The summed E-state index contributed by atoms with van der Waals surface area (Å²) in [5.41, 5.74) is 6.22. The van der Waals surface area contributed by atoms with Crippen molar-refractivity contribution in [3.8, 4) is 0 Å². The Morgan fingerprint density at radius 3 is 2.39 bits per heavy atom. The van der Waals surface area contributed by atoms with Gasteiger partial charge in [0, 0.05) is 4.47 Å². The highest BCUT2D eigenvalue weighted by Gasteiger charge is 2.19. The van der Waals surface area contributed by atoms with Gasteiger partial charge in [0.2, 0.25) is 0 Å². The molecule has 1 aromatic rings. The van der Waals surface area contributed by atoms with E-state index in [0.717, 1.165) is 10.9 Å². The summed E-state index contributed by atoms with van der Waals surface area (Å²) in [5.74, 6) is 0.149. The summed E-state index contributed by atoms with van der Waals surface area (Å²) < 4.78 is 25.1. The van der Waals surface area contributed by atoms with Crippen LogP contribution in [-0.4, -0.2) is 14.2 Å². The quantitative estimate of drug-likeness (QED) is 0.856. The average Bonchev–Trinajstić information content (AvgIpc) is 2.13. The van der Waals surface area contributed by atoms with Gasteiger partial charge in [0.15, 0.2) is 9.84 Å². The Hall–Kier alpha value is -0.550. The van der Waals surface area contributed by atoms with Crippen LogP contribution in [0.2, 0.25) is 0 Å². The fourth-order valence-corrected chi connectivity index (χ4v) is 3.52. The first kappa shape index (κ1) is 15.5. The van der Waals surface area contributed by atoms with Crippen LogP contribution in [0.25, 0.3) is 0 Å². The molecule has 0 aliphatic carbocycles. The van der Waals surface area contributed by atoms with E-state index in [1.54, 1.807) is 18.2 Å². The molecule has 0 saturated heterocycles. The van der Waals surface area contributed by atoms with Crippen LogP contribution in [0.4, 0.5) is 5.69 Å². The zero-order chi connectivity index (χ0) is 14.0. The molecule has 5 heteroatoms. The van der Waals surface area contributed by atoms with E-state index in [1.807, 2.05) is 0 Å². The Labute approximate surface area is 118 Å². The van der Waals surface area contributed by atoms with Crippen molar-refractivity contribution in [2.24, 2.45) is 5.41 Å². The fraction of sp³-hybridized carbons (Fsp3) is 0.538. The topological polar surface area (TPSA) is 60.2 Å². The summed E-state index contributed by atoms with van der Waals surface area (Å²) >= 11 is 3.27. The van der Waals surface area contributed by atoms with Crippen LogP contribution in [0.5, 0.6) is 0 Å². The van der Waals surface area contributed by atoms with E-state index in [2.05, 4.69) is 36.7 Å². The molecule has 0 fully saturated rings. The highest BCUT2D eigenvalue weighted by atomic mass is 79.9. The van der Waals surface area contributed by atoms with Gasteiger partial charge in [-0.1, -0.05) is 36.7 Å². The third-order valence-electron chi connectivity index (χ3n) is 2.65. The molecule has 0 saturated carbocycles. The maximum Gasteiger partial charge on any atom is 0.180 e. The van der Waals surface area contributed by atoms with Gasteiger partial charge >= 0.3 is 0 Å². The number of halogens is 1. The normalized spacial score (nSPS) is 12.7. The van der Waals surface area contributed by atoms with Crippen molar-refractivity contribution in [3.63, 3.8) is 0 Å². The van der Waals surface area contributed by atoms with Crippen molar-refractivity contribution in [2.75, 3.05) is 11.5 Å². The highest BCUT2D eigenvalue weighted by molar-refractivity contribution is 9.10. The van der Waals surface area contributed by atoms with E-state index in [4.69, 9.17) is 5.73 Å². The van der Waals surface area contributed by atoms with Crippen molar-refractivity contribution in [1.82, 2.24) is 0 Å². The van der Waals surface area contributed by atoms with Crippen molar-refractivity contribution in [2.45, 2.75) is 38.5 Å². The minimum atomic E-state index is -3.28. The van der Waals surface area contributed by atoms with Gasteiger partial charge in [-0.25, -0.2) is 8.42 Å². The van der Waals surface area contributed by atoms with Gasteiger partial charge in [0.1, 0.15) is 0 Å². The molecule has 0 heterocycles. The minimum Gasteiger partial charge on any atom is -0.398 e. The second kappa shape index (κ2) is 5.61. The molecule has 0 unspecified atom stereocenters. The Morgan fingerprint density at radius 1 is 1.28 bits per heavy atom. The fourth-order valence-electron chi connectivity index (χ4n) is 1.71. The number of hydrogen-bond acceptors (Lipinski definition) is 3. The number of hydrogen-bond donors (Lipinski definition) is 1. The van der Waals surface area contributed by atoms with Crippen LogP contribution in [0, 0.1) is 5.41 Å². The molecule has 0 atom stereocenters. The van der Waals surface area contributed by atoms with Gasteiger partial charge < -0.3 is 5.73 Å². The Balaban J connectivity index is 2.81. The Bertz CT molecular complexity index is 518. The van der Waals surface area contributed by atoms with E-state index in [9.17, 15) is 8.42 Å². The first-order chi connectivity index (χ1) is 8.12. The van der Waals surface area contributed by atoms with Crippen LogP contribution >= 0.6 is 15.9 Å². The number of nitrogens with two attached hydrogens (primary N) is 1. The van der Waals surface area contributed by atoms with E-state index in [-0.39, 0.29) is 16.1 Å². The van der Waals surface area contributed by atoms with Gasteiger partial charge in [0.25, 0.3) is 0 Å². The molecule has 0 spiro atoms. The maximum atomic E-state index is 12.2. The zero-order valence-electron chi connectivity index (χ0n) is 11.0. The SMILES string of the molecule is CC(C)(C)CCCS(=O)(=O)c1ccc(Br)cc1N. The molecule has 1 rings (SSSR count). The lowest BCUT2D eigenvalue weighted by Gasteiger charge is -2.17. The molecule has 0 aliphatic heterocycles. The molecule has 102 valence electrons. The van der Waals surface area contributed by atoms with E-state index in [1.165, 1.54) is 0 Å². The van der Waals surface area contributed by atoms with Crippen molar-refractivity contribution < 1.29 is 8.42 Å². The second-order valence-corrected chi connectivity index (χ2v) is 8.66. The maximum absolute atomic E-state index is 12.2. The molecular weight excluding hydrogens is 314 g/mol. The van der Waals surface area contributed by atoms with Crippen LogP contribution in [-0.2, 0) is 9.84 Å². The van der Waals surface area contributed by atoms with Gasteiger partial charge in [0.05, 0.1) is 16.3 Å². The molecule has 0 aromatic heterocycles. The Morgan fingerprint density at radius 2 is 1.89 bits per heavy atom. The van der Waals surface area contributed by atoms with E-state index >= 15 is 0 Å². The molecule has 0 amide bonds. The lowest BCUT2D eigenvalue weighted by molar-refractivity contribution is 0.373. The van der Waals surface area contributed by atoms with Crippen LogP contribution in [0.3, 0.4) is 0 Å². The van der Waals surface area contributed by atoms with Gasteiger partial charge in [-0.05, 0) is 36.5 Å². The first-order valence-corrected chi connectivity index (χ1v) is 8.34. The van der Waals surface area contributed by atoms with Crippen molar-refractivity contribution in [1.29, 1.82) is 0 Å². The van der Waals surface area contributed by atoms with E-state index in [0.29, 0.717) is 12.1 Å². The lowest BCUT2D eigenvalue weighted by Crippen LogP contribution is -2.12. The number of rotatable bonds is 4. The summed E-state index contributed by atoms with van der Waals surface area (Å²) in [4.78, 5) is 0.236. The summed E-state index contributed by atoms with van der Waals surface area (Å²) in [6, 6.07) is 4.88. The van der Waals surface area contributed by atoms with E-state index < -0.39 is 9.84 Å². The summed E-state index contributed by atoms with van der Waals surface area (Å²) in [6.07, 6.45) is 1.53. The van der Waals surface area contributed by atoms with Crippen molar-refractivity contribution in [3.05, 3.63) is 22.7 Å². The summed E-state index contributed by atoms with van der Waals surface area (Å²) in [5, 5.41) is 0. The number of benzene rings is 1. The second-order valence-electron chi connectivity index (χ2n) is 5.67. The monoisotopic (exact) mass is 333 g/mol. The predicted molar refractivity (Wildman–Crippen MR) is 79.3 cm³/mol. The van der Waals surface area contributed by atoms with Gasteiger partial charge in [-0.2, -0.15) is 0 Å².